The van der Waals surface area contributed by atoms with E-state index in [4.69, 9.17) is 0 Å². The molecule has 3 rings (SSSR count). The first kappa shape index (κ1) is 16.4. The van der Waals surface area contributed by atoms with Crippen molar-refractivity contribution in [2.75, 3.05) is 39.3 Å². The van der Waals surface area contributed by atoms with E-state index in [1.54, 1.807) is 6.92 Å². The van der Waals surface area contributed by atoms with Gasteiger partial charge in [-0.1, -0.05) is 19.1 Å². The molecule has 1 amide bonds. The van der Waals surface area contributed by atoms with Gasteiger partial charge in [0.15, 0.2) is 0 Å². The number of hydrogen-bond acceptors (Lipinski definition) is 3. The fraction of sp³-hybridized carbons (Fsp3) is 0.611. The number of piperazine rings is 1. The van der Waals surface area contributed by atoms with Gasteiger partial charge < -0.3 is 4.90 Å². The van der Waals surface area contributed by atoms with Crippen molar-refractivity contribution in [2.45, 2.75) is 26.4 Å². The highest BCUT2D eigenvalue weighted by Gasteiger charge is 2.35. The Labute approximate surface area is 137 Å². The second kappa shape index (κ2) is 6.97. The van der Waals surface area contributed by atoms with Crippen LogP contribution in [0.3, 0.4) is 0 Å². The molecule has 0 spiro atoms. The smallest absolute Gasteiger partial charge is 0.219 e. The molecule has 1 aromatic carbocycles. The summed E-state index contributed by atoms with van der Waals surface area (Å²) in [7, 11) is 0. The molecule has 0 radical (unpaired) electrons. The van der Waals surface area contributed by atoms with Gasteiger partial charge in [-0.05, 0) is 23.6 Å². The summed E-state index contributed by atoms with van der Waals surface area (Å²) in [4.78, 5) is 18.4. The zero-order valence-corrected chi connectivity index (χ0v) is 14.0. The number of carbonyl (C=O) groups is 1. The lowest BCUT2D eigenvalue weighted by atomic mass is 10.0. The van der Waals surface area contributed by atoms with Crippen LogP contribution in [0.5, 0.6) is 0 Å². The van der Waals surface area contributed by atoms with Crippen LogP contribution in [-0.2, 0) is 11.3 Å². The Morgan fingerprint density at radius 3 is 2.39 bits per heavy atom. The lowest BCUT2D eigenvalue weighted by Gasteiger charge is -2.39. The second-order valence-electron chi connectivity index (χ2n) is 6.91. The number of likely N-dealkylation sites (tertiary alicyclic amines) is 1. The minimum Gasteiger partial charge on any atom is -0.340 e. The molecule has 2 fully saturated rings. The highest BCUT2D eigenvalue weighted by molar-refractivity contribution is 5.73. The lowest BCUT2D eigenvalue weighted by Crippen LogP contribution is -2.53. The number of halogens is 1. The summed E-state index contributed by atoms with van der Waals surface area (Å²) in [5.41, 5.74) is 1.17. The predicted octanol–water partition coefficient (Wildman–Crippen LogP) is 1.81. The van der Waals surface area contributed by atoms with E-state index in [2.05, 4.69) is 16.7 Å². The fourth-order valence-electron chi connectivity index (χ4n) is 3.87. The third-order valence-electron chi connectivity index (χ3n) is 5.20. The van der Waals surface area contributed by atoms with Gasteiger partial charge in [0.2, 0.25) is 5.91 Å². The molecule has 5 heteroatoms. The first-order valence-corrected chi connectivity index (χ1v) is 8.49. The molecule has 0 unspecified atom stereocenters. The van der Waals surface area contributed by atoms with E-state index in [9.17, 15) is 9.18 Å². The van der Waals surface area contributed by atoms with Crippen molar-refractivity contribution in [2.24, 2.45) is 5.92 Å². The van der Waals surface area contributed by atoms with Crippen LogP contribution in [0.25, 0.3) is 0 Å². The Balaban J connectivity index is 1.54. The summed E-state index contributed by atoms with van der Waals surface area (Å²) in [6, 6.07) is 7.38. The third kappa shape index (κ3) is 3.90. The average molecular weight is 319 g/mol. The van der Waals surface area contributed by atoms with Gasteiger partial charge in [-0.25, -0.2) is 4.39 Å². The number of amides is 1. The van der Waals surface area contributed by atoms with Gasteiger partial charge in [0.25, 0.3) is 0 Å². The Kier molecular flexibility index (Phi) is 4.97. The van der Waals surface area contributed by atoms with Crippen LogP contribution >= 0.6 is 0 Å². The highest BCUT2D eigenvalue weighted by atomic mass is 19.1. The van der Waals surface area contributed by atoms with Gasteiger partial charge >= 0.3 is 0 Å². The first-order chi connectivity index (χ1) is 11.0. The summed E-state index contributed by atoms with van der Waals surface area (Å²) in [6.45, 7) is 10.6. The van der Waals surface area contributed by atoms with Gasteiger partial charge in [0, 0.05) is 58.8 Å². The van der Waals surface area contributed by atoms with Crippen molar-refractivity contribution < 1.29 is 9.18 Å². The van der Waals surface area contributed by atoms with Gasteiger partial charge in [-0.2, -0.15) is 0 Å². The molecule has 0 bridgehead atoms. The largest absolute Gasteiger partial charge is 0.340 e. The molecule has 4 nitrogen and oxygen atoms in total. The van der Waals surface area contributed by atoms with Crippen LogP contribution in [0, 0.1) is 11.7 Å². The first-order valence-electron chi connectivity index (χ1n) is 8.49. The van der Waals surface area contributed by atoms with Gasteiger partial charge in [-0.15, -0.1) is 0 Å². The molecule has 23 heavy (non-hydrogen) atoms. The molecule has 2 atom stereocenters. The zero-order chi connectivity index (χ0) is 16.4. The van der Waals surface area contributed by atoms with Crippen molar-refractivity contribution in [1.82, 2.24) is 14.7 Å². The molecule has 2 aliphatic rings. The molecule has 0 aliphatic carbocycles. The number of rotatable bonds is 3. The summed E-state index contributed by atoms with van der Waals surface area (Å²) in [6.07, 6.45) is 0. The van der Waals surface area contributed by atoms with Crippen molar-refractivity contribution in [3.8, 4) is 0 Å². The van der Waals surface area contributed by atoms with Crippen LogP contribution in [-0.4, -0.2) is 65.9 Å². The Bertz CT molecular complexity index is 540. The number of nitrogens with zero attached hydrogens (tertiary/aromatic N) is 3. The number of benzene rings is 1. The van der Waals surface area contributed by atoms with Crippen molar-refractivity contribution in [3.05, 3.63) is 35.6 Å². The zero-order valence-electron chi connectivity index (χ0n) is 14.0. The van der Waals surface area contributed by atoms with Gasteiger partial charge in [0.1, 0.15) is 5.82 Å². The molecule has 1 aromatic rings. The average Bonchev–Trinajstić information content (AvgIpc) is 2.90. The molecule has 2 aliphatic heterocycles. The van der Waals surface area contributed by atoms with E-state index in [1.165, 1.54) is 17.7 Å². The van der Waals surface area contributed by atoms with Crippen LogP contribution in [0.2, 0.25) is 0 Å². The van der Waals surface area contributed by atoms with E-state index in [0.29, 0.717) is 12.0 Å². The monoisotopic (exact) mass is 319 g/mol. The quantitative estimate of drug-likeness (QED) is 0.850. The van der Waals surface area contributed by atoms with Gasteiger partial charge in [0.05, 0.1) is 0 Å². The molecular weight excluding hydrogens is 293 g/mol. The second-order valence-corrected chi connectivity index (χ2v) is 6.91. The van der Waals surface area contributed by atoms with Crippen molar-refractivity contribution in [3.63, 3.8) is 0 Å². The normalized spacial score (nSPS) is 26.7. The SMILES string of the molecule is CC(=O)N1CCN([C@@H]2CN(Cc3ccc(F)cc3)C[C@H]2C)CC1. The minimum atomic E-state index is -0.176. The van der Waals surface area contributed by atoms with E-state index in [0.717, 1.165) is 45.8 Å². The topological polar surface area (TPSA) is 26.8 Å². The molecular formula is C18H26FN3O. The molecule has 0 aromatic heterocycles. The van der Waals surface area contributed by atoms with E-state index >= 15 is 0 Å². The molecule has 2 heterocycles. The Hall–Kier alpha value is -1.46. The predicted molar refractivity (Wildman–Crippen MR) is 88.5 cm³/mol. The molecule has 0 N–H and O–H groups in total. The maximum Gasteiger partial charge on any atom is 0.219 e. The van der Waals surface area contributed by atoms with E-state index < -0.39 is 0 Å². The van der Waals surface area contributed by atoms with Crippen LogP contribution in [0.15, 0.2) is 24.3 Å². The van der Waals surface area contributed by atoms with Crippen molar-refractivity contribution in [1.29, 1.82) is 0 Å². The summed E-state index contributed by atoms with van der Waals surface area (Å²) < 4.78 is 13.0. The summed E-state index contributed by atoms with van der Waals surface area (Å²) in [5.74, 6) is 0.631. The van der Waals surface area contributed by atoms with E-state index in [-0.39, 0.29) is 11.7 Å². The summed E-state index contributed by atoms with van der Waals surface area (Å²) >= 11 is 0. The minimum absolute atomic E-state index is 0.176. The van der Waals surface area contributed by atoms with Crippen LogP contribution in [0.4, 0.5) is 4.39 Å². The fourth-order valence-corrected chi connectivity index (χ4v) is 3.87. The Morgan fingerprint density at radius 2 is 1.78 bits per heavy atom. The molecule has 126 valence electrons. The lowest BCUT2D eigenvalue weighted by molar-refractivity contribution is -0.130. The highest BCUT2D eigenvalue weighted by Crippen LogP contribution is 2.24. The maximum atomic E-state index is 13.0. The standard InChI is InChI=1S/C18H26FN3O/c1-14-11-20(12-16-3-5-17(19)6-4-16)13-18(14)22-9-7-21(8-10-22)15(2)23/h3-6,14,18H,7-13H2,1-2H3/t14-,18-/m1/s1. The van der Waals surface area contributed by atoms with E-state index in [1.807, 2.05) is 17.0 Å². The Morgan fingerprint density at radius 1 is 1.13 bits per heavy atom. The van der Waals surface area contributed by atoms with Crippen molar-refractivity contribution >= 4 is 5.91 Å². The molecule has 2 saturated heterocycles. The van der Waals surface area contributed by atoms with Gasteiger partial charge in [-0.3, -0.25) is 14.6 Å². The third-order valence-corrected chi connectivity index (χ3v) is 5.20. The van der Waals surface area contributed by atoms with Crippen LogP contribution in [0.1, 0.15) is 19.4 Å². The number of carbonyl (C=O) groups excluding carboxylic acids is 1. The maximum absolute atomic E-state index is 13.0. The molecule has 0 saturated carbocycles. The summed E-state index contributed by atoms with van der Waals surface area (Å²) in [5, 5.41) is 0. The van der Waals surface area contributed by atoms with Crippen LogP contribution < -0.4 is 0 Å². The number of hydrogen-bond donors (Lipinski definition) is 0.